The third-order valence-electron chi connectivity index (χ3n) is 3.64. The minimum absolute atomic E-state index is 0.895. The average Bonchev–Trinajstić information content (AvgIpc) is 2.31. The molecular formula is C14H28N2. The molecule has 0 aliphatic heterocycles. The summed E-state index contributed by atoms with van der Waals surface area (Å²) >= 11 is 0. The van der Waals surface area contributed by atoms with Gasteiger partial charge in [0.15, 0.2) is 0 Å². The molecule has 0 aromatic heterocycles. The summed E-state index contributed by atoms with van der Waals surface area (Å²) in [7, 11) is 2.27. The number of hydrogen-bond donors (Lipinski definition) is 0. The summed E-state index contributed by atoms with van der Waals surface area (Å²) in [6.07, 6.45) is 8.63. The molecule has 94 valence electrons. The lowest BCUT2D eigenvalue weighted by Gasteiger charge is -2.27. The van der Waals surface area contributed by atoms with Crippen LogP contribution >= 0.6 is 0 Å². The molecule has 1 rings (SSSR count). The smallest absolute Gasteiger partial charge is 0.0109 e. The van der Waals surface area contributed by atoms with Crippen molar-refractivity contribution in [3.63, 3.8) is 0 Å². The number of rotatable bonds is 7. The summed E-state index contributed by atoms with van der Waals surface area (Å²) in [6.45, 7) is 10.5. The van der Waals surface area contributed by atoms with Crippen LogP contribution in [0, 0.1) is 5.92 Å². The highest BCUT2D eigenvalue weighted by Crippen LogP contribution is 2.18. The van der Waals surface area contributed by atoms with Crippen molar-refractivity contribution in [3.8, 4) is 0 Å². The second-order valence-electron chi connectivity index (χ2n) is 4.94. The predicted octanol–water partition coefficient (Wildman–Crippen LogP) is 2.62. The lowest BCUT2D eigenvalue weighted by atomic mass is 9.94. The van der Waals surface area contributed by atoms with Crippen LogP contribution in [0.25, 0.3) is 0 Å². The van der Waals surface area contributed by atoms with Crippen LogP contribution in [0.2, 0.25) is 0 Å². The summed E-state index contributed by atoms with van der Waals surface area (Å²) < 4.78 is 0. The van der Waals surface area contributed by atoms with Gasteiger partial charge in [0.1, 0.15) is 0 Å². The summed E-state index contributed by atoms with van der Waals surface area (Å²) in [5.41, 5.74) is 0. The van der Waals surface area contributed by atoms with Crippen molar-refractivity contribution in [2.75, 3.05) is 39.8 Å². The first-order chi connectivity index (χ1) is 7.76. The Balaban J connectivity index is 2.14. The van der Waals surface area contributed by atoms with E-state index >= 15 is 0 Å². The maximum atomic E-state index is 2.50. The molecule has 1 atom stereocenters. The Morgan fingerprint density at radius 2 is 1.88 bits per heavy atom. The van der Waals surface area contributed by atoms with Crippen LogP contribution in [0.3, 0.4) is 0 Å². The molecule has 0 amide bonds. The van der Waals surface area contributed by atoms with E-state index in [-0.39, 0.29) is 0 Å². The van der Waals surface area contributed by atoms with E-state index in [1.807, 2.05) is 0 Å². The fourth-order valence-electron chi connectivity index (χ4n) is 2.41. The van der Waals surface area contributed by atoms with Crippen molar-refractivity contribution >= 4 is 0 Å². The zero-order valence-corrected chi connectivity index (χ0v) is 11.3. The lowest BCUT2D eigenvalue weighted by molar-refractivity contribution is 0.215. The highest BCUT2D eigenvalue weighted by atomic mass is 15.2. The normalized spacial score (nSPS) is 20.9. The van der Waals surface area contributed by atoms with Gasteiger partial charge in [0.25, 0.3) is 0 Å². The van der Waals surface area contributed by atoms with Crippen LogP contribution < -0.4 is 0 Å². The maximum absolute atomic E-state index is 2.50. The number of allylic oxidation sites excluding steroid dienone is 2. The summed E-state index contributed by atoms with van der Waals surface area (Å²) in [4.78, 5) is 5.00. The van der Waals surface area contributed by atoms with Crippen LogP contribution in [-0.2, 0) is 0 Å². The van der Waals surface area contributed by atoms with Crippen LogP contribution in [0.4, 0.5) is 0 Å². The Bertz CT molecular complexity index is 197. The highest BCUT2D eigenvalue weighted by molar-refractivity contribution is 4.90. The fraction of sp³-hybridized carbons (Fsp3) is 0.857. The minimum Gasteiger partial charge on any atom is -0.305 e. The minimum atomic E-state index is 0.895. The Hall–Kier alpha value is -0.340. The van der Waals surface area contributed by atoms with Gasteiger partial charge >= 0.3 is 0 Å². The van der Waals surface area contributed by atoms with Crippen LogP contribution in [0.15, 0.2) is 12.2 Å². The predicted molar refractivity (Wildman–Crippen MR) is 71.8 cm³/mol. The van der Waals surface area contributed by atoms with Crippen molar-refractivity contribution in [1.29, 1.82) is 0 Å². The van der Waals surface area contributed by atoms with E-state index in [1.165, 1.54) is 52.0 Å². The van der Waals surface area contributed by atoms with Crippen LogP contribution in [0.1, 0.15) is 33.1 Å². The average molecular weight is 224 g/mol. The topological polar surface area (TPSA) is 6.48 Å². The van der Waals surface area contributed by atoms with E-state index in [9.17, 15) is 0 Å². The quantitative estimate of drug-likeness (QED) is 0.613. The van der Waals surface area contributed by atoms with Gasteiger partial charge in [0, 0.05) is 19.6 Å². The third-order valence-corrected chi connectivity index (χ3v) is 3.64. The van der Waals surface area contributed by atoms with Crippen molar-refractivity contribution in [3.05, 3.63) is 12.2 Å². The molecule has 0 aromatic carbocycles. The first-order valence-electron chi connectivity index (χ1n) is 6.82. The van der Waals surface area contributed by atoms with Gasteiger partial charge in [-0.05, 0) is 45.3 Å². The van der Waals surface area contributed by atoms with Gasteiger partial charge in [-0.1, -0.05) is 26.0 Å². The monoisotopic (exact) mass is 224 g/mol. The molecule has 0 unspecified atom stereocenters. The molecular weight excluding hydrogens is 196 g/mol. The van der Waals surface area contributed by atoms with Gasteiger partial charge in [0.2, 0.25) is 0 Å². The number of nitrogens with zero attached hydrogens (tertiary/aromatic N) is 2. The van der Waals surface area contributed by atoms with E-state index < -0.39 is 0 Å². The van der Waals surface area contributed by atoms with Crippen molar-refractivity contribution in [1.82, 2.24) is 9.80 Å². The van der Waals surface area contributed by atoms with Gasteiger partial charge in [0.05, 0.1) is 0 Å². The Kier molecular flexibility index (Phi) is 6.74. The maximum Gasteiger partial charge on any atom is 0.0109 e. The number of hydrogen-bond acceptors (Lipinski definition) is 2. The second kappa shape index (κ2) is 7.86. The van der Waals surface area contributed by atoms with Crippen molar-refractivity contribution < 1.29 is 0 Å². The molecule has 0 aromatic rings. The SMILES string of the molecule is CCN(CC)CCN(C)C[C@H]1CC=CCC1. The number of likely N-dealkylation sites (N-methyl/N-ethyl adjacent to an activating group) is 2. The molecule has 0 radical (unpaired) electrons. The zero-order valence-electron chi connectivity index (χ0n) is 11.3. The molecule has 0 bridgehead atoms. The molecule has 2 nitrogen and oxygen atoms in total. The van der Waals surface area contributed by atoms with E-state index in [2.05, 4.69) is 42.8 Å². The van der Waals surface area contributed by atoms with Crippen LogP contribution in [-0.4, -0.2) is 49.6 Å². The molecule has 0 saturated carbocycles. The lowest BCUT2D eigenvalue weighted by Crippen LogP contribution is -2.35. The fourth-order valence-corrected chi connectivity index (χ4v) is 2.41. The Morgan fingerprint density at radius 3 is 2.44 bits per heavy atom. The second-order valence-corrected chi connectivity index (χ2v) is 4.94. The van der Waals surface area contributed by atoms with Crippen LogP contribution in [0.5, 0.6) is 0 Å². The molecule has 2 heteroatoms. The first-order valence-corrected chi connectivity index (χ1v) is 6.82. The molecule has 0 N–H and O–H groups in total. The molecule has 0 fully saturated rings. The molecule has 16 heavy (non-hydrogen) atoms. The van der Waals surface area contributed by atoms with Crippen molar-refractivity contribution in [2.45, 2.75) is 33.1 Å². The van der Waals surface area contributed by atoms with E-state index in [0.717, 1.165) is 5.92 Å². The van der Waals surface area contributed by atoms with Crippen molar-refractivity contribution in [2.24, 2.45) is 5.92 Å². The van der Waals surface area contributed by atoms with E-state index in [4.69, 9.17) is 0 Å². The molecule has 0 heterocycles. The van der Waals surface area contributed by atoms with Gasteiger partial charge < -0.3 is 9.80 Å². The van der Waals surface area contributed by atoms with E-state index in [1.54, 1.807) is 0 Å². The van der Waals surface area contributed by atoms with Gasteiger partial charge in [-0.25, -0.2) is 0 Å². The molecule has 0 saturated heterocycles. The largest absolute Gasteiger partial charge is 0.305 e. The first kappa shape index (κ1) is 13.7. The van der Waals surface area contributed by atoms with Gasteiger partial charge in [-0.3, -0.25) is 0 Å². The van der Waals surface area contributed by atoms with Gasteiger partial charge in [-0.2, -0.15) is 0 Å². The molecule has 1 aliphatic carbocycles. The standard InChI is InChI=1S/C14H28N2/c1-4-16(5-2)12-11-15(3)13-14-9-7-6-8-10-14/h6-7,14H,4-5,8-13H2,1-3H3/t14-/m0/s1. The summed E-state index contributed by atoms with van der Waals surface area (Å²) in [6, 6.07) is 0. The highest BCUT2D eigenvalue weighted by Gasteiger charge is 2.12. The Labute approximate surface area is 101 Å². The third kappa shape index (κ3) is 5.13. The summed E-state index contributed by atoms with van der Waals surface area (Å²) in [5, 5.41) is 0. The summed E-state index contributed by atoms with van der Waals surface area (Å²) in [5.74, 6) is 0.895. The molecule has 1 aliphatic rings. The van der Waals surface area contributed by atoms with Gasteiger partial charge in [-0.15, -0.1) is 0 Å². The van der Waals surface area contributed by atoms with E-state index in [0.29, 0.717) is 0 Å². The Morgan fingerprint density at radius 1 is 1.12 bits per heavy atom. The molecule has 0 spiro atoms. The zero-order chi connectivity index (χ0) is 11.8.